The van der Waals surface area contributed by atoms with Crippen LogP contribution >= 0.6 is 0 Å². The zero-order chi connectivity index (χ0) is 11.8. The van der Waals surface area contributed by atoms with Crippen LogP contribution in [0.2, 0.25) is 0 Å². The van der Waals surface area contributed by atoms with Crippen LogP contribution in [-0.2, 0) is 5.41 Å². The molecule has 3 heteroatoms. The van der Waals surface area contributed by atoms with E-state index in [-0.39, 0.29) is 5.41 Å². The van der Waals surface area contributed by atoms with Crippen molar-refractivity contribution in [2.75, 3.05) is 12.8 Å². The monoisotopic (exact) mass is 219 g/mol. The third-order valence-corrected chi connectivity index (χ3v) is 3.94. The molecule has 16 heavy (non-hydrogen) atoms. The molecule has 2 rings (SSSR count). The minimum absolute atomic E-state index is 0.191. The van der Waals surface area contributed by atoms with Crippen LogP contribution in [0.3, 0.4) is 0 Å². The summed E-state index contributed by atoms with van der Waals surface area (Å²) in [6, 6.07) is 2.67. The van der Waals surface area contributed by atoms with Crippen molar-refractivity contribution in [3.8, 4) is 0 Å². The Morgan fingerprint density at radius 2 is 2.31 bits per heavy atom. The normalized spacial score (nSPS) is 29.6. The largest absolute Gasteiger partial charge is 0.383 e. The number of hydrogen-bond acceptors (Lipinski definition) is 3. The lowest BCUT2D eigenvalue weighted by Gasteiger charge is -2.27. The molecule has 3 N–H and O–H groups in total. The van der Waals surface area contributed by atoms with E-state index in [4.69, 9.17) is 5.73 Å². The highest BCUT2D eigenvalue weighted by molar-refractivity contribution is 5.49. The summed E-state index contributed by atoms with van der Waals surface area (Å²) in [6.45, 7) is 4.44. The molecule has 2 unspecified atom stereocenters. The summed E-state index contributed by atoms with van der Waals surface area (Å²) >= 11 is 0. The van der Waals surface area contributed by atoms with E-state index < -0.39 is 0 Å². The highest BCUT2D eigenvalue weighted by Crippen LogP contribution is 2.43. The number of anilines is 1. The number of nitrogen functional groups attached to an aromatic ring is 1. The van der Waals surface area contributed by atoms with Crippen molar-refractivity contribution >= 4 is 5.82 Å². The second kappa shape index (κ2) is 4.06. The molecule has 0 bridgehead atoms. The van der Waals surface area contributed by atoms with Gasteiger partial charge in [0, 0.05) is 17.8 Å². The molecule has 1 aliphatic rings. The molecule has 3 nitrogen and oxygen atoms in total. The Kier molecular flexibility index (Phi) is 2.89. The smallest absolute Gasteiger partial charge is 0.127 e. The summed E-state index contributed by atoms with van der Waals surface area (Å²) in [5.74, 6) is 0.708. The standard InChI is InChI=1S/C13H21N3/c1-9-5-7-16-12(14)11(9)13(2)6-4-10(8-13)15-3/h5,7,10,15H,4,6,8H2,1-3H3,(H2,14,16). The zero-order valence-corrected chi connectivity index (χ0v) is 10.4. The first-order chi connectivity index (χ1) is 7.57. The van der Waals surface area contributed by atoms with Gasteiger partial charge < -0.3 is 11.1 Å². The Hall–Kier alpha value is -1.09. The summed E-state index contributed by atoms with van der Waals surface area (Å²) in [6.07, 6.45) is 5.36. The topological polar surface area (TPSA) is 50.9 Å². The van der Waals surface area contributed by atoms with Gasteiger partial charge in [-0.15, -0.1) is 0 Å². The summed E-state index contributed by atoms with van der Waals surface area (Å²) in [5, 5.41) is 3.37. The van der Waals surface area contributed by atoms with Gasteiger partial charge in [-0.2, -0.15) is 0 Å². The Morgan fingerprint density at radius 3 is 2.88 bits per heavy atom. The third kappa shape index (κ3) is 1.80. The van der Waals surface area contributed by atoms with Crippen LogP contribution in [0.4, 0.5) is 5.82 Å². The SMILES string of the molecule is CNC1CCC(C)(c2c(C)ccnc2N)C1. The van der Waals surface area contributed by atoms with Gasteiger partial charge in [-0.05, 0) is 50.3 Å². The van der Waals surface area contributed by atoms with E-state index in [0.717, 1.165) is 6.42 Å². The Labute approximate surface area is 97.5 Å². The number of aromatic nitrogens is 1. The molecule has 0 aliphatic heterocycles. The zero-order valence-electron chi connectivity index (χ0n) is 10.4. The van der Waals surface area contributed by atoms with Crippen LogP contribution in [0.15, 0.2) is 12.3 Å². The van der Waals surface area contributed by atoms with E-state index >= 15 is 0 Å². The highest BCUT2D eigenvalue weighted by atomic mass is 14.9. The second-order valence-electron chi connectivity index (χ2n) is 5.18. The first-order valence-corrected chi connectivity index (χ1v) is 5.95. The van der Waals surface area contributed by atoms with E-state index in [0.29, 0.717) is 11.9 Å². The van der Waals surface area contributed by atoms with Gasteiger partial charge in [0.1, 0.15) is 5.82 Å². The molecule has 1 aliphatic carbocycles. The number of rotatable bonds is 2. The van der Waals surface area contributed by atoms with Gasteiger partial charge in [0.25, 0.3) is 0 Å². The maximum absolute atomic E-state index is 6.04. The predicted molar refractivity (Wildman–Crippen MR) is 67.4 cm³/mol. The summed E-state index contributed by atoms with van der Waals surface area (Å²) in [5.41, 5.74) is 8.76. The lowest BCUT2D eigenvalue weighted by atomic mass is 9.79. The minimum Gasteiger partial charge on any atom is -0.383 e. The van der Waals surface area contributed by atoms with Gasteiger partial charge in [0.15, 0.2) is 0 Å². The molecular formula is C13H21N3. The van der Waals surface area contributed by atoms with Gasteiger partial charge >= 0.3 is 0 Å². The molecule has 1 fully saturated rings. The van der Waals surface area contributed by atoms with Crippen molar-refractivity contribution in [1.29, 1.82) is 0 Å². The Morgan fingerprint density at radius 1 is 1.56 bits per heavy atom. The van der Waals surface area contributed by atoms with E-state index in [1.54, 1.807) is 6.20 Å². The lowest BCUT2D eigenvalue weighted by Crippen LogP contribution is -2.27. The Balaban J connectivity index is 2.37. The summed E-state index contributed by atoms with van der Waals surface area (Å²) < 4.78 is 0. The molecular weight excluding hydrogens is 198 g/mol. The molecule has 2 atom stereocenters. The summed E-state index contributed by atoms with van der Waals surface area (Å²) in [7, 11) is 2.04. The number of hydrogen-bond donors (Lipinski definition) is 2. The van der Waals surface area contributed by atoms with Crippen LogP contribution in [0.1, 0.15) is 37.3 Å². The molecule has 0 spiro atoms. The minimum atomic E-state index is 0.191. The van der Waals surface area contributed by atoms with Crippen LogP contribution in [0.25, 0.3) is 0 Å². The van der Waals surface area contributed by atoms with Crippen molar-refractivity contribution < 1.29 is 0 Å². The molecule has 1 heterocycles. The van der Waals surface area contributed by atoms with Gasteiger partial charge in [-0.25, -0.2) is 4.98 Å². The van der Waals surface area contributed by atoms with E-state index in [1.807, 2.05) is 7.05 Å². The second-order valence-corrected chi connectivity index (χ2v) is 5.18. The molecule has 1 aromatic heterocycles. The highest BCUT2D eigenvalue weighted by Gasteiger charge is 2.38. The molecule has 0 aromatic carbocycles. The van der Waals surface area contributed by atoms with Crippen molar-refractivity contribution in [1.82, 2.24) is 10.3 Å². The van der Waals surface area contributed by atoms with Crippen molar-refractivity contribution in [3.63, 3.8) is 0 Å². The van der Waals surface area contributed by atoms with Crippen molar-refractivity contribution in [2.45, 2.75) is 44.6 Å². The van der Waals surface area contributed by atoms with Crippen LogP contribution in [0, 0.1) is 6.92 Å². The molecule has 1 aromatic rings. The summed E-state index contributed by atoms with van der Waals surface area (Å²) in [4.78, 5) is 4.24. The van der Waals surface area contributed by atoms with Crippen LogP contribution in [-0.4, -0.2) is 18.1 Å². The fourth-order valence-corrected chi connectivity index (χ4v) is 3.08. The number of pyridine rings is 1. The maximum atomic E-state index is 6.04. The van der Waals surface area contributed by atoms with E-state index in [9.17, 15) is 0 Å². The van der Waals surface area contributed by atoms with Crippen LogP contribution < -0.4 is 11.1 Å². The molecule has 88 valence electrons. The molecule has 1 saturated carbocycles. The average molecular weight is 219 g/mol. The molecule has 0 amide bonds. The number of nitrogens with one attached hydrogen (secondary N) is 1. The first-order valence-electron chi connectivity index (χ1n) is 5.95. The van der Waals surface area contributed by atoms with Gasteiger partial charge in [-0.3, -0.25) is 0 Å². The fraction of sp³-hybridized carbons (Fsp3) is 0.615. The first kappa shape index (κ1) is 11.4. The van der Waals surface area contributed by atoms with Gasteiger partial charge in [0.2, 0.25) is 0 Å². The predicted octanol–water partition coefficient (Wildman–Crippen LogP) is 2.00. The third-order valence-electron chi connectivity index (χ3n) is 3.94. The molecule has 0 saturated heterocycles. The van der Waals surface area contributed by atoms with Crippen molar-refractivity contribution in [2.24, 2.45) is 0 Å². The van der Waals surface area contributed by atoms with Crippen LogP contribution in [0.5, 0.6) is 0 Å². The van der Waals surface area contributed by atoms with E-state index in [1.165, 1.54) is 24.0 Å². The molecule has 0 radical (unpaired) electrons. The van der Waals surface area contributed by atoms with Gasteiger partial charge in [-0.1, -0.05) is 6.92 Å². The lowest BCUT2D eigenvalue weighted by molar-refractivity contribution is 0.465. The van der Waals surface area contributed by atoms with Crippen molar-refractivity contribution in [3.05, 3.63) is 23.4 Å². The van der Waals surface area contributed by atoms with Gasteiger partial charge in [0.05, 0.1) is 0 Å². The number of nitrogens with zero attached hydrogens (tertiary/aromatic N) is 1. The number of nitrogens with two attached hydrogens (primary N) is 1. The average Bonchev–Trinajstić information content (AvgIpc) is 2.61. The maximum Gasteiger partial charge on any atom is 0.127 e. The quantitative estimate of drug-likeness (QED) is 0.800. The fourth-order valence-electron chi connectivity index (χ4n) is 3.08. The Bertz CT molecular complexity index is 369. The van der Waals surface area contributed by atoms with E-state index in [2.05, 4.69) is 30.2 Å². The number of aryl methyl sites for hydroxylation is 1.